The second kappa shape index (κ2) is 16.5. The third-order valence-corrected chi connectivity index (χ3v) is 12.7. The van der Waals surface area contributed by atoms with Gasteiger partial charge in [0, 0.05) is 30.4 Å². The number of oxime groups is 1. The zero-order valence-electron chi connectivity index (χ0n) is 37.9. The lowest BCUT2D eigenvalue weighted by atomic mass is 9.97. The van der Waals surface area contributed by atoms with Gasteiger partial charge in [-0.3, -0.25) is 28.9 Å². The number of rotatable bonds is 12. The summed E-state index contributed by atoms with van der Waals surface area (Å²) in [6.45, 7) is 10.9. The molecule has 1 unspecified atom stereocenters. The molecule has 0 spiro atoms. The number of cyclic esters (lactones) is 1. The number of thiazole rings is 1. The summed E-state index contributed by atoms with van der Waals surface area (Å²) in [4.78, 5) is 115. The molecule has 3 amide bonds. The van der Waals surface area contributed by atoms with Gasteiger partial charge in [0.25, 0.3) is 17.7 Å². The van der Waals surface area contributed by atoms with Crippen molar-refractivity contribution in [1.82, 2.24) is 14.9 Å². The number of hydroxylamine groups is 2. The molecule has 3 atom stereocenters. The number of fused-ring (bicyclic) bond motifs is 2. The van der Waals surface area contributed by atoms with Crippen LogP contribution in [0.15, 0.2) is 78.0 Å². The molecule has 2 saturated heterocycles. The van der Waals surface area contributed by atoms with Crippen molar-refractivity contribution in [3.63, 3.8) is 0 Å². The van der Waals surface area contributed by atoms with Gasteiger partial charge in [-0.2, -0.15) is 5.06 Å². The summed E-state index contributed by atoms with van der Waals surface area (Å²) in [5.41, 5.74) is -5.51. The zero-order chi connectivity index (χ0) is 48.7. The fraction of sp³-hybridized carbons (Fsp3) is 0.396. The highest BCUT2D eigenvalue weighted by Crippen LogP contribution is 2.51. The van der Waals surface area contributed by atoms with Gasteiger partial charge >= 0.3 is 29.4 Å². The molecule has 20 heteroatoms. The van der Waals surface area contributed by atoms with Crippen molar-refractivity contribution < 1.29 is 66.9 Å². The van der Waals surface area contributed by atoms with Crippen LogP contribution in [-0.2, 0) is 53.6 Å². The lowest BCUT2D eigenvalue weighted by Crippen LogP contribution is -2.57. The molecule has 3 fully saturated rings. The zero-order valence-corrected chi connectivity index (χ0v) is 39.5. The number of amides is 3. The number of esters is 3. The number of aromatic nitrogens is 1. The summed E-state index contributed by atoms with van der Waals surface area (Å²) in [6, 6.07) is 19.2. The molecule has 4 aliphatic heterocycles. The Labute approximate surface area is 398 Å². The number of imide groups is 1. The van der Waals surface area contributed by atoms with Gasteiger partial charge in [0.1, 0.15) is 27.3 Å². The molecular weight excluding hydrogens is 924 g/mol. The van der Waals surface area contributed by atoms with Crippen LogP contribution in [0.1, 0.15) is 110 Å². The molecule has 0 radical (unpaired) electrons. The number of aryl methyl sites for hydroxylation is 1. The normalized spacial score (nSPS) is 22.6. The van der Waals surface area contributed by atoms with Crippen molar-refractivity contribution in [3.8, 4) is 11.5 Å². The van der Waals surface area contributed by atoms with Crippen molar-refractivity contribution in [2.24, 2.45) is 11.1 Å². The summed E-state index contributed by atoms with van der Waals surface area (Å²) in [6.07, 6.45) is -0.863. The summed E-state index contributed by atoms with van der Waals surface area (Å²) in [5.74, 6) is -9.18. The molecule has 0 N–H and O–H groups in total. The number of carbonyl (C=O) groups excluding carboxylic acids is 7. The molecular formula is C48H45ClN4O14S. The Balaban J connectivity index is 0.974. The predicted molar refractivity (Wildman–Crippen MR) is 238 cm³/mol. The smallest absolute Gasteiger partial charge is 0.375 e. The molecule has 5 aliphatic rings. The second-order valence-electron chi connectivity index (χ2n) is 18.9. The average molecular weight is 969 g/mol. The van der Waals surface area contributed by atoms with Gasteiger partial charge in [0.2, 0.25) is 5.60 Å². The van der Waals surface area contributed by atoms with E-state index in [0.717, 1.165) is 11.3 Å². The second-order valence-corrected chi connectivity index (χ2v) is 20.7. The predicted octanol–water partition coefficient (Wildman–Crippen LogP) is 6.37. The van der Waals surface area contributed by atoms with Gasteiger partial charge in [-0.25, -0.2) is 19.4 Å². The summed E-state index contributed by atoms with van der Waals surface area (Å²) < 4.78 is 30.0. The Hall–Kier alpha value is -6.70. The average Bonchev–Trinajstić information content (AvgIpc) is 3.46. The number of ether oxygens (including phenoxy) is 5. The first-order chi connectivity index (χ1) is 32.0. The highest BCUT2D eigenvalue weighted by atomic mass is 35.5. The van der Waals surface area contributed by atoms with Crippen LogP contribution in [0, 0.1) is 12.8 Å². The van der Waals surface area contributed by atoms with Crippen LogP contribution >= 0.6 is 22.9 Å². The van der Waals surface area contributed by atoms with Gasteiger partial charge in [0.15, 0.2) is 23.0 Å². The van der Waals surface area contributed by atoms with Crippen molar-refractivity contribution in [2.45, 2.75) is 109 Å². The molecule has 9 rings (SSSR count). The molecule has 1 saturated carbocycles. The fourth-order valence-electron chi connectivity index (χ4n) is 8.20. The Morgan fingerprint density at radius 2 is 1.37 bits per heavy atom. The first-order valence-corrected chi connectivity index (χ1v) is 22.9. The lowest BCUT2D eigenvalue weighted by Gasteiger charge is -2.35. The van der Waals surface area contributed by atoms with E-state index in [2.05, 4.69) is 10.1 Å². The van der Waals surface area contributed by atoms with E-state index in [1.165, 1.54) is 12.1 Å². The summed E-state index contributed by atoms with van der Waals surface area (Å²) in [5, 5.41) is 5.09. The molecule has 354 valence electrons. The van der Waals surface area contributed by atoms with Gasteiger partial charge in [-0.15, -0.1) is 11.3 Å². The minimum absolute atomic E-state index is 0.0452. The van der Waals surface area contributed by atoms with Gasteiger partial charge in [-0.05, 0) is 60.6 Å². The van der Waals surface area contributed by atoms with E-state index in [1.54, 1.807) is 48.5 Å². The molecule has 0 bridgehead atoms. The van der Waals surface area contributed by atoms with Gasteiger partial charge in [0.05, 0.1) is 35.1 Å². The first kappa shape index (κ1) is 46.4. The number of benzene rings is 3. The van der Waals surface area contributed by atoms with Crippen LogP contribution in [0.5, 0.6) is 11.5 Å². The van der Waals surface area contributed by atoms with Crippen LogP contribution in [0.2, 0.25) is 4.34 Å². The van der Waals surface area contributed by atoms with E-state index in [-0.39, 0.29) is 51.2 Å². The minimum atomic E-state index is -2.67. The number of Topliss-reactive ketones (excluding diaryl/α,β-unsaturated/α-hetero) is 1. The highest BCUT2D eigenvalue weighted by Gasteiger charge is 2.66. The third-order valence-electron chi connectivity index (χ3n) is 11.5. The summed E-state index contributed by atoms with van der Waals surface area (Å²) in [7, 11) is 0. The SMILES string of the molecule is Cc1nc(/C(=N/OC2(C(=O)OC(C)(C)C)CC2)C(=O)C[C@H]2CON(C3(C(=O)OC(C)(C)C)C[C@H](N4C(=O)c5cc6c(cc5C4=O)OC(c4ccccc4)(c4ccccc4)O6)C(=O)O3)C2=O)c(Cl)s1. The monoisotopic (exact) mass is 968 g/mol. The van der Waals surface area contributed by atoms with E-state index < -0.39 is 101 Å². The van der Waals surface area contributed by atoms with E-state index in [4.69, 9.17) is 45.0 Å². The fourth-order valence-corrected chi connectivity index (χ4v) is 9.31. The Morgan fingerprint density at radius 1 is 0.824 bits per heavy atom. The van der Waals surface area contributed by atoms with E-state index >= 15 is 0 Å². The van der Waals surface area contributed by atoms with Gasteiger partial charge in [-0.1, -0.05) is 77.4 Å². The van der Waals surface area contributed by atoms with E-state index in [1.807, 2.05) is 60.7 Å². The number of halogens is 1. The summed E-state index contributed by atoms with van der Waals surface area (Å²) >= 11 is 7.55. The number of nitrogens with zero attached hydrogens (tertiary/aromatic N) is 4. The maximum absolute atomic E-state index is 14.4. The topological polar surface area (TPSA) is 216 Å². The van der Waals surface area contributed by atoms with Crippen molar-refractivity contribution >= 4 is 70.1 Å². The van der Waals surface area contributed by atoms with E-state index in [9.17, 15) is 33.6 Å². The maximum atomic E-state index is 14.4. The van der Waals surface area contributed by atoms with Gasteiger partial charge < -0.3 is 28.5 Å². The van der Waals surface area contributed by atoms with Crippen LogP contribution < -0.4 is 9.47 Å². The van der Waals surface area contributed by atoms with Crippen molar-refractivity contribution in [1.29, 1.82) is 0 Å². The molecule has 5 heterocycles. The van der Waals surface area contributed by atoms with Crippen molar-refractivity contribution in [2.75, 3.05) is 6.61 Å². The Morgan fingerprint density at radius 3 is 1.87 bits per heavy atom. The van der Waals surface area contributed by atoms with Crippen LogP contribution in [0.4, 0.5) is 0 Å². The largest absolute Gasteiger partial charge is 0.457 e. The quantitative estimate of drug-likeness (QED) is 0.0496. The molecule has 68 heavy (non-hydrogen) atoms. The van der Waals surface area contributed by atoms with Crippen molar-refractivity contribution in [3.05, 3.63) is 110 Å². The first-order valence-electron chi connectivity index (χ1n) is 21.7. The van der Waals surface area contributed by atoms with Crippen LogP contribution in [0.25, 0.3) is 0 Å². The Kier molecular flexibility index (Phi) is 11.3. The number of hydrogen-bond donors (Lipinski definition) is 0. The molecule has 1 aliphatic carbocycles. The molecule has 3 aromatic carbocycles. The molecule has 18 nitrogen and oxygen atoms in total. The highest BCUT2D eigenvalue weighted by molar-refractivity contribution is 7.16. The van der Waals surface area contributed by atoms with Crippen LogP contribution in [-0.4, -0.2) is 97.2 Å². The maximum Gasteiger partial charge on any atom is 0.375 e. The Bertz CT molecular complexity index is 2750. The molecule has 1 aromatic heterocycles. The number of hydrogen-bond acceptors (Lipinski definition) is 17. The van der Waals surface area contributed by atoms with E-state index in [0.29, 0.717) is 26.1 Å². The number of ketones is 1. The minimum Gasteiger partial charge on any atom is -0.457 e. The molecule has 4 aromatic rings. The standard InChI is InChI=1S/C48H45ClN4O14S/c1-25-50-36(37(49)68-25)35(51-67-46(18-19-46)42(59)65-44(2,3)4)32(54)20-26-24-61-53(38(26)55)47(43(60)66-45(5,6)7)23-31(41(58)64-47)52-39(56)29-21-33-34(22-30(29)40(52)57)63-48(62-33,27-14-10-8-11-15-27)28-16-12-9-13-17-28/h8-17,21-22,26,31H,18-20,23-24H2,1-7H3/b51-35+/t26-,31-,47?/m0/s1. The lowest BCUT2D eigenvalue weighted by molar-refractivity contribution is -0.263. The third kappa shape index (κ3) is 8.15. The van der Waals surface area contributed by atoms with Crippen LogP contribution in [0.3, 0.4) is 0 Å². The number of carbonyl (C=O) groups is 7.